The molecule has 0 saturated carbocycles. The monoisotopic (exact) mass is 460 g/mol. The first-order chi connectivity index (χ1) is 15.4. The molecule has 1 aromatic heterocycles. The van der Waals surface area contributed by atoms with Crippen molar-refractivity contribution in [2.24, 2.45) is 0 Å². The van der Waals surface area contributed by atoms with E-state index >= 15 is 0 Å². The zero-order chi connectivity index (χ0) is 23.1. The highest BCUT2D eigenvalue weighted by molar-refractivity contribution is 7.89. The number of hydrogen-bond donors (Lipinski definition) is 1. The van der Waals surface area contributed by atoms with E-state index in [2.05, 4.69) is 22.3 Å². The van der Waals surface area contributed by atoms with Crippen molar-refractivity contribution >= 4 is 15.9 Å². The number of amides is 1. The molecule has 0 bridgehead atoms. The highest BCUT2D eigenvalue weighted by Gasteiger charge is 2.25. The van der Waals surface area contributed by atoms with Gasteiger partial charge in [0.2, 0.25) is 15.9 Å². The van der Waals surface area contributed by atoms with Gasteiger partial charge < -0.3 is 9.88 Å². The molecule has 1 fully saturated rings. The zero-order valence-electron chi connectivity index (χ0n) is 18.7. The summed E-state index contributed by atoms with van der Waals surface area (Å²) >= 11 is 0. The lowest BCUT2D eigenvalue weighted by Crippen LogP contribution is -2.39. The Hall–Kier alpha value is -2.49. The Morgan fingerprint density at radius 3 is 2.34 bits per heavy atom. The topological polar surface area (TPSA) is 91.7 Å². The highest BCUT2D eigenvalue weighted by atomic mass is 32.2. The number of likely N-dealkylation sites (tertiary alicyclic amines) is 1. The van der Waals surface area contributed by atoms with E-state index < -0.39 is 15.6 Å². The average molecular weight is 461 g/mol. The van der Waals surface area contributed by atoms with Gasteiger partial charge in [0.25, 0.3) is 5.56 Å². The summed E-state index contributed by atoms with van der Waals surface area (Å²) in [5, 5.41) is 2.94. The van der Waals surface area contributed by atoms with E-state index in [0.29, 0.717) is 19.6 Å². The Labute approximate surface area is 189 Å². The fourth-order valence-electron chi connectivity index (χ4n) is 4.11. The van der Waals surface area contributed by atoms with Crippen LogP contribution < -0.4 is 10.9 Å². The van der Waals surface area contributed by atoms with E-state index in [1.165, 1.54) is 22.6 Å². The average Bonchev–Trinajstić information content (AvgIpc) is 3.31. The molecule has 174 valence electrons. The van der Waals surface area contributed by atoms with Crippen LogP contribution in [-0.4, -0.2) is 60.8 Å². The molecule has 1 N–H and O–H groups in total. The van der Waals surface area contributed by atoms with Gasteiger partial charge in [-0.3, -0.25) is 14.5 Å². The summed E-state index contributed by atoms with van der Waals surface area (Å²) in [7, 11) is -3.71. The van der Waals surface area contributed by atoms with E-state index in [9.17, 15) is 18.0 Å². The molecule has 3 rings (SSSR count). The fraction of sp³-hybridized carbons (Fsp3) is 0.478. The van der Waals surface area contributed by atoms with Gasteiger partial charge in [-0.1, -0.05) is 44.2 Å². The summed E-state index contributed by atoms with van der Waals surface area (Å²) < 4.78 is 28.0. The zero-order valence-corrected chi connectivity index (χ0v) is 19.6. The molecule has 0 spiro atoms. The second kappa shape index (κ2) is 10.9. The van der Waals surface area contributed by atoms with Crippen molar-refractivity contribution in [3.8, 4) is 0 Å². The van der Waals surface area contributed by atoms with E-state index in [4.69, 9.17) is 0 Å². The molecule has 0 aliphatic carbocycles. The lowest BCUT2D eigenvalue weighted by molar-refractivity contribution is -0.122. The Bertz CT molecular complexity index is 1060. The molecule has 1 atom stereocenters. The standard InChI is InChI=1S/C23H32N4O4S/c1-3-27(4-2)32(30,31)20-12-13-23(29)26(17-20)18-22(28)24-16-21(25-14-8-9-15-25)19-10-6-5-7-11-19/h5-7,10-13,17,21H,3-4,8-9,14-16,18H2,1-2H3,(H,24,28). The summed E-state index contributed by atoms with van der Waals surface area (Å²) in [6, 6.07) is 12.6. The number of pyridine rings is 1. The van der Waals surface area contributed by atoms with Gasteiger partial charge in [0, 0.05) is 31.9 Å². The number of hydrogen-bond acceptors (Lipinski definition) is 5. The Kier molecular flexibility index (Phi) is 8.22. The molecule has 1 aliphatic heterocycles. The van der Waals surface area contributed by atoms with Crippen molar-refractivity contribution < 1.29 is 13.2 Å². The van der Waals surface area contributed by atoms with Crippen molar-refractivity contribution in [3.05, 3.63) is 64.6 Å². The fourth-order valence-corrected chi connectivity index (χ4v) is 5.58. The minimum Gasteiger partial charge on any atom is -0.353 e. The summed E-state index contributed by atoms with van der Waals surface area (Å²) in [5.74, 6) is -0.329. The number of aromatic nitrogens is 1. The number of sulfonamides is 1. The van der Waals surface area contributed by atoms with Crippen molar-refractivity contribution in [2.75, 3.05) is 32.7 Å². The number of nitrogens with zero attached hydrogens (tertiary/aromatic N) is 3. The normalized spacial score (nSPS) is 15.7. The number of carbonyl (C=O) groups excluding carboxylic acids is 1. The number of carbonyl (C=O) groups is 1. The third kappa shape index (κ3) is 5.65. The van der Waals surface area contributed by atoms with E-state index in [0.717, 1.165) is 36.1 Å². The molecular weight excluding hydrogens is 428 g/mol. The lowest BCUT2D eigenvalue weighted by Gasteiger charge is -2.28. The van der Waals surface area contributed by atoms with E-state index in [-0.39, 0.29) is 23.4 Å². The molecule has 2 heterocycles. The predicted octanol–water partition coefficient (Wildman–Crippen LogP) is 1.83. The Morgan fingerprint density at radius 2 is 1.72 bits per heavy atom. The summed E-state index contributed by atoms with van der Waals surface area (Å²) in [6.45, 7) is 6.34. The first-order valence-electron chi connectivity index (χ1n) is 11.1. The quantitative estimate of drug-likeness (QED) is 0.584. The summed E-state index contributed by atoms with van der Waals surface area (Å²) in [6.07, 6.45) is 3.53. The molecule has 1 aromatic carbocycles. The first-order valence-corrected chi connectivity index (χ1v) is 12.6. The minimum absolute atomic E-state index is 0.00725. The van der Waals surface area contributed by atoms with Gasteiger partial charge in [-0.05, 0) is 37.6 Å². The second-order valence-corrected chi connectivity index (χ2v) is 9.83. The van der Waals surface area contributed by atoms with Gasteiger partial charge in [-0.2, -0.15) is 4.31 Å². The number of benzene rings is 1. The second-order valence-electron chi connectivity index (χ2n) is 7.89. The van der Waals surface area contributed by atoms with Gasteiger partial charge in [0.1, 0.15) is 6.54 Å². The lowest BCUT2D eigenvalue weighted by atomic mass is 10.1. The molecule has 2 aromatic rings. The largest absolute Gasteiger partial charge is 0.353 e. The molecule has 1 aliphatic rings. The maximum atomic E-state index is 12.8. The number of nitrogens with one attached hydrogen (secondary N) is 1. The highest BCUT2D eigenvalue weighted by Crippen LogP contribution is 2.24. The maximum absolute atomic E-state index is 12.8. The van der Waals surface area contributed by atoms with Crippen molar-refractivity contribution in [1.82, 2.24) is 19.1 Å². The van der Waals surface area contributed by atoms with Crippen molar-refractivity contribution in [2.45, 2.75) is 44.2 Å². The maximum Gasteiger partial charge on any atom is 0.251 e. The summed E-state index contributed by atoms with van der Waals surface area (Å²) in [4.78, 5) is 27.3. The van der Waals surface area contributed by atoms with Crippen LogP contribution >= 0.6 is 0 Å². The van der Waals surface area contributed by atoms with Crippen LogP contribution in [0.2, 0.25) is 0 Å². The molecule has 1 saturated heterocycles. The molecule has 1 amide bonds. The Balaban J connectivity index is 1.72. The van der Waals surface area contributed by atoms with Crippen LogP contribution in [-0.2, 0) is 21.4 Å². The van der Waals surface area contributed by atoms with Crippen LogP contribution in [0.3, 0.4) is 0 Å². The van der Waals surface area contributed by atoms with Crippen LogP contribution in [0.15, 0.2) is 58.4 Å². The van der Waals surface area contributed by atoms with Crippen molar-refractivity contribution in [1.29, 1.82) is 0 Å². The smallest absolute Gasteiger partial charge is 0.251 e. The molecular formula is C23H32N4O4S. The first kappa shape index (κ1) is 24.2. The van der Waals surface area contributed by atoms with Gasteiger partial charge >= 0.3 is 0 Å². The predicted molar refractivity (Wildman–Crippen MR) is 124 cm³/mol. The van der Waals surface area contributed by atoms with E-state index in [1.807, 2.05) is 18.2 Å². The molecule has 0 radical (unpaired) electrons. The third-order valence-electron chi connectivity index (χ3n) is 5.87. The van der Waals surface area contributed by atoms with Crippen LogP contribution in [0, 0.1) is 0 Å². The van der Waals surface area contributed by atoms with Gasteiger partial charge in [-0.15, -0.1) is 0 Å². The summed E-state index contributed by atoms with van der Waals surface area (Å²) in [5.41, 5.74) is 0.719. The Morgan fingerprint density at radius 1 is 1.06 bits per heavy atom. The van der Waals surface area contributed by atoms with Crippen LogP contribution in [0.25, 0.3) is 0 Å². The minimum atomic E-state index is -3.71. The number of rotatable bonds is 10. The molecule has 32 heavy (non-hydrogen) atoms. The van der Waals surface area contributed by atoms with Crippen molar-refractivity contribution in [3.63, 3.8) is 0 Å². The van der Waals surface area contributed by atoms with Crippen LogP contribution in [0.4, 0.5) is 0 Å². The van der Waals surface area contributed by atoms with Crippen LogP contribution in [0.5, 0.6) is 0 Å². The SMILES string of the molecule is CCN(CC)S(=O)(=O)c1ccc(=O)n(CC(=O)NCC(c2ccccc2)N2CCCC2)c1. The van der Waals surface area contributed by atoms with Gasteiger partial charge in [0.05, 0.1) is 10.9 Å². The molecule has 9 heteroatoms. The van der Waals surface area contributed by atoms with E-state index in [1.54, 1.807) is 13.8 Å². The van der Waals surface area contributed by atoms with Gasteiger partial charge in [0.15, 0.2) is 0 Å². The molecule has 1 unspecified atom stereocenters. The third-order valence-corrected chi connectivity index (χ3v) is 7.91. The van der Waals surface area contributed by atoms with Crippen LogP contribution in [0.1, 0.15) is 38.3 Å². The van der Waals surface area contributed by atoms with Gasteiger partial charge in [-0.25, -0.2) is 8.42 Å². The molecule has 8 nitrogen and oxygen atoms in total.